The summed E-state index contributed by atoms with van der Waals surface area (Å²) in [6.45, 7) is 2.62. The fraction of sp³-hybridized carbons (Fsp3) is 0.214. The molecule has 0 atom stereocenters. The number of ether oxygens (including phenoxy) is 2. The number of benzene rings is 1. The van der Waals surface area contributed by atoms with Crippen LogP contribution in [0.4, 0.5) is 5.69 Å². The predicted octanol–water partition coefficient (Wildman–Crippen LogP) is 3.85. The van der Waals surface area contributed by atoms with Gasteiger partial charge >= 0.3 is 0 Å². The Morgan fingerprint density at radius 3 is 2.84 bits per heavy atom. The molecule has 0 spiro atoms. The number of halogens is 1. The summed E-state index contributed by atoms with van der Waals surface area (Å²) < 4.78 is 12.3. The molecule has 0 amide bonds. The Balaban J connectivity index is 2.16. The van der Waals surface area contributed by atoms with Gasteiger partial charge in [0.15, 0.2) is 0 Å². The first-order chi connectivity index (χ1) is 9.19. The zero-order chi connectivity index (χ0) is 13.7. The first kappa shape index (κ1) is 13.9. The van der Waals surface area contributed by atoms with Crippen LogP contribution in [-0.2, 0) is 0 Å². The summed E-state index contributed by atoms with van der Waals surface area (Å²) in [5.41, 5.74) is 6.32. The molecular weight excluding hydrogens is 355 g/mol. The van der Waals surface area contributed by atoms with Crippen molar-refractivity contribution in [3.63, 3.8) is 0 Å². The lowest BCUT2D eigenvalue weighted by molar-refractivity contribution is 0.302. The fourth-order valence-electron chi connectivity index (χ4n) is 1.46. The topological polar surface area (TPSA) is 57.4 Å². The first-order valence-corrected chi connectivity index (χ1v) is 7.09. The van der Waals surface area contributed by atoms with E-state index in [0.717, 1.165) is 15.7 Å². The summed E-state index contributed by atoms with van der Waals surface area (Å²) in [6, 6.07) is 11.2. The van der Waals surface area contributed by atoms with Crippen LogP contribution < -0.4 is 15.2 Å². The lowest BCUT2D eigenvalue weighted by Gasteiger charge is -2.09. The van der Waals surface area contributed by atoms with Gasteiger partial charge in [-0.2, -0.15) is 4.98 Å². The number of nitrogen functional groups attached to an aromatic ring is 1. The van der Waals surface area contributed by atoms with Gasteiger partial charge in [0.25, 0.3) is 0 Å². The number of pyridine rings is 1. The van der Waals surface area contributed by atoms with Crippen molar-refractivity contribution in [3.05, 3.63) is 40.0 Å². The van der Waals surface area contributed by atoms with Gasteiger partial charge in [0.05, 0.1) is 12.3 Å². The standard InChI is InChI=1S/C14H15IN2O2/c1-2-8-18-14-12(16)6-7-13(17-14)19-11-5-3-4-10(15)9-11/h3-7,9H,2,8,16H2,1H3. The van der Waals surface area contributed by atoms with E-state index in [1.807, 2.05) is 31.2 Å². The number of hydrogen-bond acceptors (Lipinski definition) is 4. The van der Waals surface area contributed by atoms with Crippen LogP contribution >= 0.6 is 22.6 Å². The van der Waals surface area contributed by atoms with Crippen LogP contribution in [0.2, 0.25) is 0 Å². The molecule has 1 heterocycles. The Morgan fingerprint density at radius 2 is 2.11 bits per heavy atom. The minimum absolute atomic E-state index is 0.421. The van der Waals surface area contributed by atoms with E-state index in [-0.39, 0.29) is 0 Å². The number of rotatable bonds is 5. The second kappa shape index (κ2) is 6.60. The Hall–Kier alpha value is -1.50. The van der Waals surface area contributed by atoms with Crippen LogP contribution in [0, 0.1) is 3.57 Å². The van der Waals surface area contributed by atoms with Crippen molar-refractivity contribution >= 4 is 28.3 Å². The fourth-order valence-corrected chi connectivity index (χ4v) is 1.97. The molecule has 2 N–H and O–H groups in total. The Morgan fingerprint density at radius 1 is 1.26 bits per heavy atom. The Kier molecular flexibility index (Phi) is 4.84. The van der Waals surface area contributed by atoms with Crippen molar-refractivity contribution < 1.29 is 9.47 Å². The molecule has 0 aliphatic carbocycles. The third-order valence-corrected chi connectivity index (χ3v) is 3.00. The highest BCUT2D eigenvalue weighted by Gasteiger charge is 2.06. The third-order valence-electron chi connectivity index (χ3n) is 2.33. The van der Waals surface area contributed by atoms with E-state index in [1.54, 1.807) is 12.1 Å². The molecule has 1 aromatic carbocycles. The van der Waals surface area contributed by atoms with Crippen LogP contribution in [0.25, 0.3) is 0 Å². The van der Waals surface area contributed by atoms with Gasteiger partial charge in [-0.3, -0.25) is 0 Å². The Labute approximate surface area is 126 Å². The van der Waals surface area contributed by atoms with Crippen LogP contribution in [0.15, 0.2) is 36.4 Å². The lowest BCUT2D eigenvalue weighted by Crippen LogP contribution is -2.02. The normalized spacial score (nSPS) is 10.2. The summed E-state index contributed by atoms with van der Waals surface area (Å²) in [6.07, 6.45) is 0.906. The second-order valence-corrected chi connectivity index (χ2v) is 5.20. The van der Waals surface area contributed by atoms with Crippen molar-refractivity contribution in [1.29, 1.82) is 0 Å². The van der Waals surface area contributed by atoms with Crippen molar-refractivity contribution in [2.24, 2.45) is 0 Å². The largest absolute Gasteiger partial charge is 0.476 e. The maximum atomic E-state index is 5.80. The summed E-state index contributed by atoms with van der Waals surface area (Å²) in [5, 5.41) is 0. The molecule has 0 bridgehead atoms. The van der Waals surface area contributed by atoms with Gasteiger partial charge in [0.2, 0.25) is 11.8 Å². The van der Waals surface area contributed by atoms with E-state index in [9.17, 15) is 0 Å². The number of nitrogens with zero attached hydrogens (tertiary/aromatic N) is 1. The second-order valence-electron chi connectivity index (χ2n) is 3.95. The molecule has 0 radical (unpaired) electrons. The van der Waals surface area contributed by atoms with Crippen LogP contribution in [-0.4, -0.2) is 11.6 Å². The van der Waals surface area contributed by atoms with Crippen molar-refractivity contribution in [2.75, 3.05) is 12.3 Å². The van der Waals surface area contributed by atoms with Gasteiger partial charge in [-0.1, -0.05) is 13.0 Å². The molecule has 0 fully saturated rings. The molecule has 4 nitrogen and oxygen atoms in total. The average Bonchev–Trinajstić information content (AvgIpc) is 2.39. The molecular formula is C14H15IN2O2. The van der Waals surface area contributed by atoms with E-state index in [2.05, 4.69) is 27.6 Å². The molecule has 0 aliphatic heterocycles. The van der Waals surface area contributed by atoms with Crippen molar-refractivity contribution in [2.45, 2.75) is 13.3 Å². The molecule has 2 aromatic rings. The van der Waals surface area contributed by atoms with Crippen LogP contribution in [0.5, 0.6) is 17.5 Å². The predicted molar refractivity (Wildman–Crippen MR) is 83.7 cm³/mol. The first-order valence-electron chi connectivity index (χ1n) is 6.02. The molecule has 0 saturated heterocycles. The highest BCUT2D eigenvalue weighted by molar-refractivity contribution is 14.1. The minimum Gasteiger partial charge on any atom is -0.476 e. The number of aromatic nitrogens is 1. The summed E-state index contributed by atoms with van der Waals surface area (Å²) in [4.78, 5) is 4.26. The van der Waals surface area contributed by atoms with Gasteiger partial charge < -0.3 is 15.2 Å². The number of nitrogens with two attached hydrogens (primary N) is 1. The molecule has 0 aliphatic rings. The molecule has 100 valence electrons. The van der Waals surface area contributed by atoms with E-state index in [4.69, 9.17) is 15.2 Å². The van der Waals surface area contributed by atoms with Gasteiger partial charge in [0, 0.05) is 9.64 Å². The van der Waals surface area contributed by atoms with Crippen LogP contribution in [0.3, 0.4) is 0 Å². The SMILES string of the molecule is CCCOc1nc(Oc2cccc(I)c2)ccc1N. The molecule has 0 unspecified atom stereocenters. The lowest BCUT2D eigenvalue weighted by atomic mass is 10.3. The molecule has 5 heteroatoms. The monoisotopic (exact) mass is 370 g/mol. The quantitative estimate of drug-likeness (QED) is 0.813. The van der Waals surface area contributed by atoms with Gasteiger partial charge in [-0.05, 0) is 53.3 Å². The molecule has 0 saturated carbocycles. The smallest absolute Gasteiger partial charge is 0.240 e. The van der Waals surface area contributed by atoms with E-state index in [1.165, 1.54) is 0 Å². The number of anilines is 1. The zero-order valence-corrected chi connectivity index (χ0v) is 12.8. The number of hydrogen-bond donors (Lipinski definition) is 1. The van der Waals surface area contributed by atoms with E-state index >= 15 is 0 Å². The van der Waals surface area contributed by atoms with E-state index < -0.39 is 0 Å². The summed E-state index contributed by atoms with van der Waals surface area (Å²) in [5.74, 6) is 1.64. The van der Waals surface area contributed by atoms with Crippen molar-refractivity contribution in [3.8, 4) is 17.5 Å². The summed E-state index contributed by atoms with van der Waals surface area (Å²) >= 11 is 2.23. The van der Waals surface area contributed by atoms with Crippen LogP contribution in [0.1, 0.15) is 13.3 Å². The van der Waals surface area contributed by atoms with Gasteiger partial charge in [0.1, 0.15) is 5.75 Å². The highest BCUT2D eigenvalue weighted by Crippen LogP contribution is 2.26. The van der Waals surface area contributed by atoms with Gasteiger partial charge in [-0.25, -0.2) is 0 Å². The maximum Gasteiger partial charge on any atom is 0.240 e. The minimum atomic E-state index is 0.421. The average molecular weight is 370 g/mol. The maximum absolute atomic E-state index is 5.80. The highest BCUT2D eigenvalue weighted by atomic mass is 127. The Bertz CT molecular complexity index is 561. The van der Waals surface area contributed by atoms with E-state index in [0.29, 0.717) is 24.1 Å². The summed E-state index contributed by atoms with van der Waals surface area (Å²) in [7, 11) is 0. The zero-order valence-electron chi connectivity index (χ0n) is 10.6. The van der Waals surface area contributed by atoms with Crippen molar-refractivity contribution in [1.82, 2.24) is 4.98 Å². The third kappa shape index (κ3) is 3.99. The molecule has 1 aromatic heterocycles. The molecule has 19 heavy (non-hydrogen) atoms. The molecule has 2 rings (SSSR count). The van der Waals surface area contributed by atoms with Gasteiger partial charge in [-0.15, -0.1) is 0 Å².